The van der Waals surface area contributed by atoms with Crippen LogP contribution in [0.25, 0.3) is 5.65 Å². The maximum absolute atomic E-state index is 11.7. The van der Waals surface area contributed by atoms with Crippen molar-refractivity contribution in [3.8, 4) is 0 Å². The van der Waals surface area contributed by atoms with Crippen LogP contribution in [-0.4, -0.2) is 38.9 Å². The van der Waals surface area contributed by atoms with Gasteiger partial charge in [-0.1, -0.05) is 0 Å². The van der Waals surface area contributed by atoms with E-state index in [0.717, 1.165) is 0 Å². The molecule has 1 fully saturated rings. The van der Waals surface area contributed by atoms with E-state index in [0.29, 0.717) is 11.3 Å². The zero-order valence-corrected chi connectivity index (χ0v) is 10.2. The summed E-state index contributed by atoms with van der Waals surface area (Å²) in [5.41, 5.74) is 1.03. The minimum Gasteiger partial charge on any atom is -0.477 e. The fourth-order valence-corrected chi connectivity index (χ4v) is 2.11. The Bertz CT molecular complexity index is 736. The molecular weight excluding hydrogens is 264 g/mol. The number of carbonyl (C=O) groups excluding carboxylic acids is 2. The molecule has 0 radical (unpaired) electrons. The normalized spacial score (nSPS) is 15.5. The van der Waals surface area contributed by atoms with Gasteiger partial charge in [0.05, 0.1) is 11.9 Å². The Balaban J connectivity index is 1.99. The molecular formula is C12H10N4O4. The van der Waals surface area contributed by atoms with Crippen LogP contribution in [0.1, 0.15) is 16.9 Å². The average molecular weight is 274 g/mol. The number of nitrogens with one attached hydrogen (secondary N) is 1. The second-order valence-corrected chi connectivity index (χ2v) is 4.32. The smallest absolute Gasteiger partial charge is 0.354 e. The number of rotatable bonds is 2. The van der Waals surface area contributed by atoms with E-state index in [2.05, 4.69) is 10.3 Å². The number of pyridine rings is 1. The first kappa shape index (κ1) is 12.2. The average Bonchev–Trinajstić information content (AvgIpc) is 2.81. The van der Waals surface area contributed by atoms with Crippen LogP contribution in [-0.2, 0) is 4.79 Å². The predicted octanol–water partition coefficient (Wildman–Crippen LogP) is 0.479. The van der Waals surface area contributed by atoms with Crippen molar-refractivity contribution in [1.29, 1.82) is 0 Å². The summed E-state index contributed by atoms with van der Waals surface area (Å²) in [5, 5.41) is 11.2. The number of hydrogen-bond acceptors (Lipinski definition) is 4. The fraction of sp³-hybridized carbons (Fsp3) is 0.167. The molecule has 2 aromatic rings. The molecule has 8 heteroatoms. The number of anilines is 1. The van der Waals surface area contributed by atoms with Gasteiger partial charge >= 0.3 is 12.0 Å². The largest absolute Gasteiger partial charge is 0.477 e. The Morgan fingerprint density at radius 1 is 1.40 bits per heavy atom. The Morgan fingerprint density at radius 3 is 2.90 bits per heavy atom. The minimum absolute atomic E-state index is 0.0461. The molecule has 0 saturated carbocycles. The van der Waals surface area contributed by atoms with E-state index in [9.17, 15) is 14.4 Å². The first-order chi connectivity index (χ1) is 9.56. The van der Waals surface area contributed by atoms with Crippen molar-refractivity contribution in [2.45, 2.75) is 6.42 Å². The van der Waals surface area contributed by atoms with Crippen LogP contribution in [0.4, 0.5) is 10.5 Å². The molecule has 0 aromatic carbocycles. The van der Waals surface area contributed by atoms with Gasteiger partial charge in [0.25, 0.3) is 0 Å². The molecule has 0 unspecified atom stereocenters. The molecule has 1 saturated heterocycles. The number of aromatic nitrogens is 2. The zero-order chi connectivity index (χ0) is 14.3. The highest BCUT2D eigenvalue weighted by molar-refractivity contribution is 6.05. The topological polar surface area (TPSA) is 104 Å². The van der Waals surface area contributed by atoms with Crippen molar-refractivity contribution in [2.24, 2.45) is 0 Å². The Kier molecular flexibility index (Phi) is 2.63. The number of carboxylic acid groups (broad SMARTS) is 1. The lowest BCUT2D eigenvalue weighted by Gasteiger charge is -2.26. The van der Waals surface area contributed by atoms with Gasteiger partial charge in [0.2, 0.25) is 5.91 Å². The number of carboxylic acids is 1. The summed E-state index contributed by atoms with van der Waals surface area (Å²) in [5.74, 6) is -1.38. The van der Waals surface area contributed by atoms with Crippen LogP contribution in [0.3, 0.4) is 0 Å². The van der Waals surface area contributed by atoms with Gasteiger partial charge in [0, 0.05) is 25.2 Å². The first-order valence-electron chi connectivity index (χ1n) is 5.88. The quantitative estimate of drug-likeness (QED) is 0.828. The molecule has 2 aromatic heterocycles. The molecule has 1 aliphatic rings. The van der Waals surface area contributed by atoms with E-state index < -0.39 is 12.0 Å². The molecule has 3 rings (SSSR count). The van der Waals surface area contributed by atoms with Crippen LogP contribution < -0.4 is 10.2 Å². The molecule has 0 spiro atoms. The molecule has 2 N–H and O–H groups in total. The monoisotopic (exact) mass is 274 g/mol. The highest BCUT2D eigenvalue weighted by Crippen LogP contribution is 2.19. The van der Waals surface area contributed by atoms with Crippen molar-refractivity contribution >= 4 is 29.2 Å². The van der Waals surface area contributed by atoms with Gasteiger partial charge in [-0.3, -0.25) is 19.4 Å². The molecule has 0 bridgehead atoms. The summed E-state index contributed by atoms with van der Waals surface area (Å²) in [6.07, 6.45) is 3.01. The van der Waals surface area contributed by atoms with Crippen molar-refractivity contribution in [3.63, 3.8) is 0 Å². The van der Waals surface area contributed by atoms with Crippen LogP contribution in [0.2, 0.25) is 0 Å². The van der Waals surface area contributed by atoms with Crippen molar-refractivity contribution < 1.29 is 19.5 Å². The third-order valence-electron chi connectivity index (χ3n) is 3.08. The Labute approximate surface area is 112 Å². The summed E-state index contributed by atoms with van der Waals surface area (Å²) >= 11 is 0. The fourth-order valence-electron chi connectivity index (χ4n) is 2.11. The number of aromatic carboxylic acids is 1. The van der Waals surface area contributed by atoms with E-state index in [-0.39, 0.29) is 24.6 Å². The number of urea groups is 1. The van der Waals surface area contributed by atoms with E-state index in [1.54, 1.807) is 12.1 Å². The second-order valence-electron chi connectivity index (χ2n) is 4.32. The van der Waals surface area contributed by atoms with E-state index in [1.807, 2.05) is 0 Å². The van der Waals surface area contributed by atoms with Gasteiger partial charge in [-0.15, -0.1) is 0 Å². The maximum atomic E-state index is 11.7. The minimum atomic E-state index is -1.08. The van der Waals surface area contributed by atoms with Crippen LogP contribution >= 0.6 is 0 Å². The SMILES string of the molecule is O=C1CCN(c2ccn3c(C(=O)O)cnc3c2)C(=O)N1. The highest BCUT2D eigenvalue weighted by Gasteiger charge is 2.24. The molecule has 1 aliphatic heterocycles. The number of imidazole rings is 1. The lowest BCUT2D eigenvalue weighted by Crippen LogP contribution is -2.49. The third kappa shape index (κ3) is 1.87. The number of carbonyl (C=O) groups is 3. The molecule has 3 amide bonds. The van der Waals surface area contributed by atoms with Gasteiger partial charge in [0.1, 0.15) is 5.65 Å². The molecule has 102 valence electrons. The highest BCUT2D eigenvalue weighted by atomic mass is 16.4. The van der Waals surface area contributed by atoms with Crippen molar-refractivity contribution in [2.75, 3.05) is 11.4 Å². The molecule has 3 heterocycles. The van der Waals surface area contributed by atoms with Gasteiger partial charge in [-0.2, -0.15) is 0 Å². The molecule has 20 heavy (non-hydrogen) atoms. The number of fused-ring (bicyclic) bond motifs is 1. The molecule has 8 nitrogen and oxygen atoms in total. The summed E-state index contributed by atoms with van der Waals surface area (Å²) in [6, 6.07) is 2.72. The summed E-state index contributed by atoms with van der Waals surface area (Å²) in [6.45, 7) is 0.285. The zero-order valence-electron chi connectivity index (χ0n) is 10.2. The Morgan fingerprint density at radius 2 is 2.20 bits per heavy atom. The Hall–Kier alpha value is -2.90. The number of hydrogen-bond donors (Lipinski definition) is 2. The van der Waals surface area contributed by atoms with Gasteiger partial charge in [-0.05, 0) is 6.07 Å². The first-order valence-corrected chi connectivity index (χ1v) is 5.88. The lowest BCUT2D eigenvalue weighted by molar-refractivity contribution is -0.120. The summed E-state index contributed by atoms with van der Waals surface area (Å²) in [7, 11) is 0. The van der Waals surface area contributed by atoms with Gasteiger partial charge in [-0.25, -0.2) is 14.6 Å². The predicted molar refractivity (Wildman–Crippen MR) is 67.7 cm³/mol. The van der Waals surface area contributed by atoms with Crippen LogP contribution in [0.15, 0.2) is 24.5 Å². The summed E-state index contributed by atoms with van der Waals surface area (Å²) < 4.78 is 1.42. The van der Waals surface area contributed by atoms with E-state index in [4.69, 9.17) is 5.11 Å². The number of amides is 3. The molecule has 0 aliphatic carbocycles. The van der Waals surface area contributed by atoms with Crippen LogP contribution in [0, 0.1) is 0 Å². The maximum Gasteiger partial charge on any atom is 0.354 e. The summed E-state index contributed by atoms with van der Waals surface area (Å²) in [4.78, 5) is 39.2. The lowest BCUT2D eigenvalue weighted by atomic mass is 10.2. The van der Waals surface area contributed by atoms with E-state index in [1.165, 1.54) is 21.7 Å². The number of imide groups is 1. The van der Waals surface area contributed by atoms with E-state index >= 15 is 0 Å². The van der Waals surface area contributed by atoms with Crippen molar-refractivity contribution in [3.05, 3.63) is 30.2 Å². The standard InChI is InChI=1S/C12H10N4O4/c17-10-2-4-15(12(20)14-10)7-1-3-16-8(11(18)19)6-13-9(16)5-7/h1,3,5-6H,2,4H2,(H,18,19)(H,14,17,20). The molecule has 0 atom stereocenters. The van der Waals surface area contributed by atoms with Crippen LogP contribution in [0.5, 0.6) is 0 Å². The van der Waals surface area contributed by atoms with Gasteiger partial charge in [0.15, 0.2) is 5.69 Å². The number of nitrogens with zero attached hydrogens (tertiary/aromatic N) is 3. The van der Waals surface area contributed by atoms with Gasteiger partial charge < -0.3 is 5.11 Å². The second kappa shape index (κ2) is 4.34. The van der Waals surface area contributed by atoms with Crippen molar-refractivity contribution in [1.82, 2.24) is 14.7 Å². The third-order valence-corrected chi connectivity index (χ3v) is 3.08.